The van der Waals surface area contributed by atoms with Crippen LogP contribution < -0.4 is 0 Å². The maximum atomic E-state index is 14.3. The molecule has 160 valence electrons. The highest BCUT2D eigenvalue weighted by Crippen LogP contribution is 2.28. The van der Waals surface area contributed by atoms with Gasteiger partial charge >= 0.3 is 0 Å². The maximum absolute atomic E-state index is 14.3. The Balaban J connectivity index is 1.47. The SMILES string of the molecule is C[C@@H]1CCCCN1C(=O)CSc1nnc2n(Cc3ccccc3F)c3ccccc3n12. The zero-order valence-electron chi connectivity index (χ0n) is 17.4. The van der Waals surface area contributed by atoms with Crippen molar-refractivity contribution in [3.05, 3.63) is 59.9 Å². The van der Waals surface area contributed by atoms with E-state index in [0.717, 1.165) is 30.4 Å². The van der Waals surface area contributed by atoms with Gasteiger partial charge in [0.25, 0.3) is 0 Å². The highest BCUT2D eigenvalue weighted by atomic mass is 32.2. The number of likely N-dealkylation sites (tertiary alicyclic amines) is 1. The molecule has 0 bridgehead atoms. The van der Waals surface area contributed by atoms with E-state index in [1.807, 2.05) is 44.2 Å². The van der Waals surface area contributed by atoms with E-state index in [9.17, 15) is 9.18 Å². The molecule has 1 aliphatic heterocycles. The summed E-state index contributed by atoms with van der Waals surface area (Å²) in [6.07, 6.45) is 3.32. The van der Waals surface area contributed by atoms with Crippen molar-refractivity contribution in [2.24, 2.45) is 0 Å². The van der Waals surface area contributed by atoms with E-state index in [1.54, 1.807) is 12.1 Å². The first kappa shape index (κ1) is 20.1. The van der Waals surface area contributed by atoms with E-state index >= 15 is 0 Å². The van der Waals surface area contributed by atoms with Crippen molar-refractivity contribution < 1.29 is 9.18 Å². The first-order valence-corrected chi connectivity index (χ1v) is 11.6. The smallest absolute Gasteiger partial charge is 0.237 e. The Hall–Kier alpha value is -2.87. The number of carbonyl (C=O) groups excluding carboxylic acids is 1. The molecule has 1 amide bonds. The van der Waals surface area contributed by atoms with Gasteiger partial charge < -0.3 is 9.47 Å². The van der Waals surface area contributed by atoms with E-state index in [-0.39, 0.29) is 11.7 Å². The van der Waals surface area contributed by atoms with Crippen LogP contribution in [0.15, 0.2) is 53.7 Å². The highest BCUT2D eigenvalue weighted by molar-refractivity contribution is 7.99. The van der Waals surface area contributed by atoms with E-state index < -0.39 is 0 Å². The number of halogens is 1. The molecule has 1 saturated heterocycles. The Morgan fingerprint density at radius 2 is 1.87 bits per heavy atom. The molecule has 0 aliphatic carbocycles. The van der Waals surface area contributed by atoms with Crippen LogP contribution in [0, 0.1) is 5.82 Å². The van der Waals surface area contributed by atoms with Crippen molar-refractivity contribution in [2.45, 2.75) is 43.9 Å². The molecule has 0 radical (unpaired) electrons. The first-order chi connectivity index (χ1) is 15.1. The number of benzene rings is 2. The lowest BCUT2D eigenvalue weighted by atomic mass is 10.0. The summed E-state index contributed by atoms with van der Waals surface area (Å²) in [4.78, 5) is 14.8. The average Bonchev–Trinajstić information content (AvgIpc) is 3.33. The van der Waals surface area contributed by atoms with Crippen LogP contribution in [0.2, 0.25) is 0 Å². The Labute approximate surface area is 184 Å². The van der Waals surface area contributed by atoms with Crippen LogP contribution in [0.3, 0.4) is 0 Å². The number of imidazole rings is 1. The fourth-order valence-corrected chi connectivity index (χ4v) is 5.19. The summed E-state index contributed by atoms with van der Waals surface area (Å²) in [6.45, 7) is 3.31. The number of thioether (sulfide) groups is 1. The van der Waals surface area contributed by atoms with Crippen LogP contribution in [0.25, 0.3) is 16.8 Å². The molecule has 0 unspecified atom stereocenters. The fraction of sp³-hybridized carbons (Fsp3) is 0.348. The van der Waals surface area contributed by atoms with Crippen molar-refractivity contribution in [2.75, 3.05) is 12.3 Å². The van der Waals surface area contributed by atoms with Crippen LogP contribution in [-0.2, 0) is 11.3 Å². The molecule has 6 nitrogen and oxygen atoms in total. The molecule has 1 atom stereocenters. The number of piperidine rings is 1. The number of fused-ring (bicyclic) bond motifs is 3. The number of nitrogens with zero attached hydrogens (tertiary/aromatic N) is 5. The number of hydrogen-bond donors (Lipinski definition) is 0. The zero-order valence-corrected chi connectivity index (χ0v) is 18.2. The first-order valence-electron chi connectivity index (χ1n) is 10.6. The van der Waals surface area contributed by atoms with E-state index in [4.69, 9.17) is 0 Å². The highest BCUT2D eigenvalue weighted by Gasteiger charge is 2.24. The minimum atomic E-state index is -0.242. The summed E-state index contributed by atoms with van der Waals surface area (Å²) in [5.41, 5.74) is 2.49. The third-order valence-corrected chi connectivity index (χ3v) is 6.92. The predicted octanol–water partition coefficient (Wildman–Crippen LogP) is 4.36. The molecule has 0 spiro atoms. The molecule has 3 heterocycles. The molecule has 4 aromatic rings. The predicted molar refractivity (Wildman–Crippen MR) is 120 cm³/mol. The van der Waals surface area contributed by atoms with E-state index in [1.165, 1.54) is 24.2 Å². The molecule has 2 aromatic heterocycles. The number of amides is 1. The normalized spacial score (nSPS) is 17.0. The summed E-state index contributed by atoms with van der Waals surface area (Å²) in [7, 11) is 0. The summed E-state index contributed by atoms with van der Waals surface area (Å²) < 4.78 is 18.2. The second-order valence-electron chi connectivity index (χ2n) is 8.00. The largest absolute Gasteiger partial charge is 0.339 e. The van der Waals surface area contributed by atoms with Gasteiger partial charge in [0.2, 0.25) is 11.7 Å². The second-order valence-corrected chi connectivity index (χ2v) is 8.95. The molecule has 1 fully saturated rings. The topological polar surface area (TPSA) is 55.4 Å². The fourth-order valence-electron chi connectivity index (χ4n) is 4.36. The van der Waals surface area contributed by atoms with Crippen molar-refractivity contribution in [3.8, 4) is 0 Å². The Morgan fingerprint density at radius 3 is 2.68 bits per heavy atom. The summed E-state index contributed by atoms with van der Waals surface area (Å²) >= 11 is 1.41. The van der Waals surface area contributed by atoms with Crippen molar-refractivity contribution in [1.82, 2.24) is 24.1 Å². The number of hydrogen-bond acceptors (Lipinski definition) is 4. The van der Waals surface area contributed by atoms with Gasteiger partial charge in [-0.25, -0.2) is 4.39 Å². The molecule has 0 saturated carbocycles. The third-order valence-electron chi connectivity index (χ3n) is 6.01. The van der Waals surface area contributed by atoms with Gasteiger partial charge in [0.15, 0.2) is 5.16 Å². The van der Waals surface area contributed by atoms with Crippen LogP contribution in [-0.4, -0.2) is 48.3 Å². The maximum Gasteiger partial charge on any atom is 0.237 e. The quantitative estimate of drug-likeness (QED) is 0.435. The average molecular weight is 438 g/mol. The Morgan fingerprint density at radius 1 is 1.10 bits per heavy atom. The zero-order chi connectivity index (χ0) is 21.4. The van der Waals surface area contributed by atoms with Crippen LogP contribution >= 0.6 is 11.8 Å². The van der Waals surface area contributed by atoms with E-state index in [2.05, 4.69) is 17.1 Å². The van der Waals surface area contributed by atoms with Crippen molar-refractivity contribution in [1.29, 1.82) is 0 Å². The Kier molecular flexibility index (Phi) is 5.40. The molecular formula is C23H24FN5OS. The van der Waals surface area contributed by atoms with Gasteiger partial charge in [-0.05, 0) is 44.4 Å². The van der Waals surface area contributed by atoms with Gasteiger partial charge in [-0.2, -0.15) is 0 Å². The van der Waals surface area contributed by atoms with Crippen molar-refractivity contribution >= 4 is 34.5 Å². The molecule has 5 rings (SSSR count). The van der Waals surface area contributed by atoms with Crippen LogP contribution in [0.5, 0.6) is 0 Å². The van der Waals surface area contributed by atoms with Crippen LogP contribution in [0.1, 0.15) is 31.7 Å². The lowest BCUT2D eigenvalue weighted by Crippen LogP contribution is -2.42. The van der Waals surface area contributed by atoms with Gasteiger partial charge in [0.05, 0.1) is 23.3 Å². The molecular weight excluding hydrogens is 413 g/mol. The van der Waals surface area contributed by atoms with E-state index in [0.29, 0.717) is 34.8 Å². The second kappa shape index (κ2) is 8.34. The third kappa shape index (κ3) is 3.69. The number of aromatic nitrogens is 4. The van der Waals surface area contributed by atoms with Gasteiger partial charge in [-0.1, -0.05) is 42.1 Å². The van der Waals surface area contributed by atoms with Gasteiger partial charge in [0, 0.05) is 18.2 Å². The molecule has 31 heavy (non-hydrogen) atoms. The number of para-hydroxylation sites is 2. The van der Waals surface area contributed by atoms with Crippen molar-refractivity contribution in [3.63, 3.8) is 0 Å². The molecule has 0 N–H and O–H groups in total. The standard InChI is InChI=1S/C23H24FN5OS/c1-16-8-6-7-13-27(16)21(30)15-31-23-26-25-22-28(14-17-9-2-3-10-18(17)24)19-11-4-5-12-20(19)29(22)23/h2-5,9-12,16H,6-8,13-15H2,1H3/t16-/m1/s1. The monoisotopic (exact) mass is 437 g/mol. The number of carbonyl (C=O) groups is 1. The summed E-state index contributed by atoms with van der Waals surface area (Å²) in [5.74, 6) is 0.876. The van der Waals surface area contributed by atoms with Gasteiger partial charge in [-0.15, -0.1) is 10.2 Å². The lowest BCUT2D eigenvalue weighted by Gasteiger charge is -2.33. The minimum Gasteiger partial charge on any atom is -0.339 e. The Bertz CT molecular complexity index is 1250. The summed E-state index contributed by atoms with van der Waals surface area (Å²) in [6, 6.07) is 15.0. The molecule has 1 aliphatic rings. The lowest BCUT2D eigenvalue weighted by molar-refractivity contribution is -0.131. The number of rotatable bonds is 5. The van der Waals surface area contributed by atoms with Gasteiger partial charge in [0.1, 0.15) is 5.82 Å². The summed E-state index contributed by atoms with van der Waals surface area (Å²) in [5, 5.41) is 9.43. The van der Waals surface area contributed by atoms with Gasteiger partial charge in [-0.3, -0.25) is 9.20 Å². The minimum absolute atomic E-state index is 0.143. The molecule has 8 heteroatoms. The molecule has 2 aromatic carbocycles. The van der Waals surface area contributed by atoms with Crippen LogP contribution in [0.4, 0.5) is 4.39 Å².